The van der Waals surface area contributed by atoms with Gasteiger partial charge in [-0.05, 0) is 34.5 Å². The van der Waals surface area contributed by atoms with E-state index in [1.165, 1.54) is 0 Å². The number of aliphatic hydroxyl groups is 1. The SMILES string of the molecule is CCC(CO)C(=O)Nc1ccccc1Br. The van der Waals surface area contributed by atoms with Gasteiger partial charge in [0.05, 0.1) is 18.2 Å². The summed E-state index contributed by atoms with van der Waals surface area (Å²) in [6.45, 7) is 1.76. The van der Waals surface area contributed by atoms with Crippen molar-refractivity contribution in [2.24, 2.45) is 5.92 Å². The molecule has 0 aliphatic carbocycles. The Hall–Kier alpha value is -0.870. The first kappa shape index (κ1) is 12.2. The molecule has 0 heterocycles. The Morgan fingerprint density at radius 2 is 2.20 bits per heavy atom. The van der Waals surface area contributed by atoms with Crippen molar-refractivity contribution in [2.75, 3.05) is 11.9 Å². The number of hydrogen-bond donors (Lipinski definition) is 2. The number of hydrogen-bond acceptors (Lipinski definition) is 2. The van der Waals surface area contributed by atoms with Crippen molar-refractivity contribution < 1.29 is 9.90 Å². The van der Waals surface area contributed by atoms with E-state index in [4.69, 9.17) is 5.11 Å². The second-order valence-electron chi connectivity index (χ2n) is 3.26. The van der Waals surface area contributed by atoms with Crippen molar-refractivity contribution >= 4 is 27.5 Å². The lowest BCUT2D eigenvalue weighted by Crippen LogP contribution is -2.25. The molecule has 3 nitrogen and oxygen atoms in total. The molecule has 82 valence electrons. The van der Waals surface area contributed by atoms with Crippen LogP contribution in [0.5, 0.6) is 0 Å². The van der Waals surface area contributed by atoms with Crippen LogP contribution in [0, 0.1) is 5.92 Å². The predicted octanol–water partition coefficient (Wildman–Crippen LogP) is 2.41. The summed E-state index contributed by atoms with van der Waals surface area (Å²) >= 11 is 3.34. The van der Waals surface area contributed by atoms with Gasteiger partial charge in [0, 0.05) is 4.47 Å². The molecular formula is C11H14BrNO2. The summed E-state index contributed by atoms with van der Waals surface area (Å²) in [6.07, 6.45) is 0.632. The second kappa shape index (κ2) is 5.88. The highest BCUT2D eigenvalue weighted by atomic mass is 79.9. The third-order valence-electron chi connectivity index (χ3n) is 2.22. The van der Waals surface area contributed by atoms with Gasteiger partial charge in [-0.1, -0.05) is 19.1 Å². The lowest BCUT2D eigenvalue weighted by molar-refractivity contribution is -0.121. The van der Waals surface area contributed by atoms with Gasteiger partial charge in [0.25, 0.3) is 0 Å². The average molecular weight is 272 g/mol. The molecule has 1 rings (SSSR count). The topological polar surface area (TPSA) is 49.3 Å². The van der Waals surface area contributed by atoms with E-state index in [1.54, 1.807) is 0 Å². The van der Waals surface area contributed by atoms with Crippen molar-refractivity contribution in [2.45, 2.75) is 13.3 Å². The monoisotopic (exact) mass is 271 g/mol. The number of carbonyl (C=O) groups is 1. The van der Waals surface area contributed by atoms with Gasteiger partial charge in [-0.15, -0.1) is 0 Å². The quantitative estimate of drug-likeness (QED) is 0.884. The van der Waals surface area contributed by atoms with Crippen LogP contribution in [-0.2, 0) is 4.79 Å². The molecule has 0 saturated heterocycles. The Labute approximate surface area is 97.6 Å². The van der Waals surface area contributed by atoms with E-state index in [0.29, 0.717) is 6.42 Å². The number of benzene rings is 1. The maximum atomic E-state index is 11.6. The smallest absolute Gasteiger partial charge is 0.229 e. The number of anilines is 1. The highest BCUT2D eigenvalue weighted by molar-refractivity contribution is 9.10. The Morgan fingerprint density at radius 3 is 2.73 bits per heavy atom. The second-order valence-corrected chi connectivity index (χ2v) is 4.11. The number of halogens is 1. The van der Waals surface area contributed by atoms with Gasteiger partial charge < -0.3 is 10.4 Å². The van der Waals surface area contributed by atoms with E-state index in [-0.39, 0.29) is 18.4 Å². The minimum absolute atomic E-state index is 0.118. The summed E-state index contributed by atoms with van der Waals surface area (Å²) < 4.78 is 0.839. The van der Waals surface area contributed by atoms with E-state index in [1.807, 2.05) is 31.2 Å². The van der Waals surface area contributed by atoms with Crippen molar-refractivity contribution in [1.82, 2.24) is 0 Å². The summed E-state index contributed by atoms with van der Waals surface area (Å²) in [4.78, 5) is 11.6. The molecule has 2 N–H and O–H groups in total. The van der Waals surface area contributed by atoms with E-state index in [0.717, 1.165) is 10.2 Å². The van der Waals surface area contributed by atoms with Crippen LogP contribution in [0.25, 0.3) is 0 Å². The summed E-state index contributed by atoms with van der Waals surface area (Å²) in [5, 5.41) is 11.7. The van der Waals surface area contributed by atoms with Crippen LogP contribution < -0.4 is 5.32 Å². The first-order valence-corrected chi connectivity index (χ1v) is 5.64. The lowest BCUT2D eigenvalue weighted by atomic mass is 10.1. The van der Waals surface area contributed by atoms with Crippen LogP contribution in [-0.4, -0.2) is 17.6 Å². The molecular weight excluding hydrogens is 258 g/mol. The molecule has 15 heavy (non-hydrogen) atoms. The molecule has 0 spiro atoms. The predicted molar refractivity (Wildman–Crippen MR) is 63.6 cm³/mol. The first-order chi connectivity index (χ1) is 7.19. The molecule has 1 atom stereocenters. The van der Waals surface area contributed by atoms with Crippen LogP contribution in [0.3, 0.4) is 0 Å². The molecule has 1 amide bonds. The Kier molecular flexibility index (Phi) is 4.78. The molecule has 1 aromatic rings. The fourth-order valence-electron chi connectivity index (χ4n) is 1.19. The maximum Gasteiger partial charge on any atom is 0.229 e. The van der Waals surface area contributed by atoms with E-state index >= 15 is 0 Å². The first-order valence-electron chi connectivity index (χ1n) is 4.85. The highest BCUT2D eigenvalue weighted by Gasteiger charge is 2.15. The lowest BCUT2D eigenvalue weighted by Gasteiger charge is -2.12. The van der Waals surface area contributed by atoms with Gasteiger partial charge in [-0.2, -0.15) is 0 Å². The van der Waals surface area contributed by atoms with Gasteiger partial charge in [0.1, 0.15) is 0 Å². The zero-order valence-electron chi connectivity index (χ0n) is 8.53. The van der Waals surface area contributed by atoms with E-state index in [9.17, 15) is 4.79 Å². The van der Waals surface area contributed by atoms with Crippen LogP contribution >= 0.6 is 15.9 Å². The Morgan fingerprint density at radius 1 is 1.53 bits per heavy atom. The van der Waals surface area contributed by atoms with Crippen LogP contribution in [0.2, 0.25) is 0 Å². The molecule has 1 aromatic carbocycles. The van der Waals surface area contributed by atoms with Gasteiger partial charge in [-0.25, -0.2) is 0 Å². The van der Waals surface area contributed by atoms with E-state index in [2.05, 4.69) is 21.2 Å². The molecule has 1 unspecified atom stereocenters. The Bertz CT molecular complexity index is 337. The van der Waals surface area contributed by atoms with Gasteiger partial charge in [0.15, 0.2) is 0 Å². The maximum absolute atomic E-state index is 11.6. The van der Waals surface area contributed by atoms with Gasteiger partial charge in [-0.3, -0.25) is 4.79 Å². The van der Waals surface area contributed by atoms with Crippen molar-refractivity contribution in [1.29, 1.82) is 0 Å². The summed E-state index contributed by atoms with van der Waals surface area (Å²) in [6, 6.07) is 7.39. The summed E-state index contributed by atoms with van der Waals surface area (Å²) in [5.74, 6) is -0.482. The number of para-hydroxylation sites is 1. The van der Waals surface area contributed by atoms with Gasteiger partial charge >= 0.3 is 0 Å². The molecule has 0 fully saturated rings. The Balaban J connectivity index is 2.70. The minimum atomic E-state index is -0.336. The van der Waals surface area contributed by atoms with Crippen molar-refractivity contribution in [3.63, 3.8) is 0 Å². The standard InChI is InChI=1S/C11H14BrNO2/c1-2-8(7-14)11(15)13-10-6-4-3-5-9(10)12/h3-6,8,14H,2,7H2,1H3,(H,13,15). The number of nitrogens with one attached hydrogen (secondary N) is 1. The number of rotatable bonds is 4. The molecule has 0 radical (unpaired) electrons. The largest absolute Gasteiger partial charge is 0.396 e. The van der Waals surface area contributed by atoms with E-state index < -0.39 is 0 Å². The van der Waals surface area contributed by atoms with Crippen LogP contribution in [0.1, 0.15) is 13.3 Å². The number of amides is 1. The summed E-state index contributed by atoms with van der Waals surface area (Å²) in [7, 11) is 0. The zero-order valence-corrected chi connectivity index (χ0v) is 10.1. The highest BCUT2D eigenvalue weighted by Crippen LogP contribution is 2.21. The minimum Gasteiger partial charge on any atom is -0.396 e. The summed E-state index contributed by atoms with van der Waals surface area (Å²) in [5.41, 5.74) is 0.731. The molecule has 0 aromatic heterocycles. The molecule has 4 heteroatoms. The molecule has 0 aliphatic heterocycles. The molecule has 0 saturated carbocycles. The fraction of sp³-hybridized carbons (Fsp3) is 0.364. The molecule has 0 aliphatic rings. The fourth-order valence-corrected chi connectivity index (χ4v) is 1.58. The number of carbonyl (C=O) groups excluding carboxylic acids is 1. The molecule has 0 bridgehead atoms. The third kappa shape index (κ3) is 3.32. The van der Waals surface area contributed by atoms with Gasteiger partial charge in [0.2, 0.25) is 5.91 Å². The third-order valence-corrected chi connectivity index (χ3v) is 2.91. The zero-order chi connectivity index (χ0) is 11.3. The van der Waals surface area contributed by atoms with Crippen molar-refractivity contribution in [3.8, 4) is 0 Å². The number of aliphatic hydroxyl groups excluding tert-OH is 1. The van der Waals surface area contributed by atoms with Crippen LogP contribution in [0.4, 0.5) is 5.69 Å². The average Bonchev–Trinajstić information content (AvgIpc) is 2.23. The van der Waals surface area contributed by atoms with Crippen molar-refractivity contribution in [3.05, 3.63) is 28.7 Å². The normalized spacial score (nSPS) is 12.2. The van der Waals surface area contributed by atoms with Crippen LogP contribution in [0.15, 0.2) is 28.7 Å².